The largest absolute Gasteiger partial charge is 2.00 e. The summed E-state index contributed by atoms with van der Waals surface area (Å²) < 4.78 is 36.9. The van der Waals surface area contributed by atoms with Gasteiger partial charge < -0.3 is 9.30 Å². The maximum atomic E-state index is 13.3. The molecule has 0 radical (unpaired) electrons. The van der Waals surface area contributed by atoms with E-state index in [-0.39, 0.29) is 30.9 Å². The van der Waals surface area contributed by atoms with Gasteiger partial charge in [0.25, 0.3) is 0 Å². The SMILES string of the molecule is Cc1cc(S(=O)(=O)c2ccccc2)cc(C)c1-c1cnn(-c2[c-]c(Oc3[c-]c4c(cc3)c3ccccc3n4-c3cc(CC(C)C)ccn3)ccc2)c1.[Pt+2]. The van der Waals surface area contributed by atoms with Gasteiger partial charge in [0.2, 0.25) is 9.84 Å². The van der Waals surface area contributed by atoms with Gasteiger partial charge in [0.15, 0.2) is 0 Å². The number of hydrogen-bond acceptors (Lipinski definition) is 5. The topological polar surface area (TPSA) is 79.0 Å². The molecule has 0 fully saturated rings. The fourth-order valence-electron chi connectivity index (χ4n) is 6.95. The summed E-state index contributed by atoms with van der Waals surface area (Å²) in [6.45, 7) is 8.29. The van der Waals surface area contributed by atoms with Crippen LogP contribution in [0.3, 0.4) is 0 Å². The zero-order chi connectivity index (χ0) is 36.0. The molecule has 0 atom stereocenters. The van der Waals surface area contributed by atoms with Gasteiger partial charge in [-0.3, -0.25) is 4.68 Å². The average Bonchev–Trinajstić information content (AvgIpc) is 3.75. The minimum Gasteiger partial charge on any atom is -0.509 e. The van der Waals surface area contributed by atoms with Gasteiger partial charge >= 0.3 is 21.1 Å². The molecule has 5 aromatic carbocycles. The molecular weight excluding hydrogens is 860 g/mol. The Labute approximate surface area is 324 Å². The van der Waals surface area contributed by atoms with Crippen molar-refractivity contribution in [2.24, 2.45) is 5.92 Å². The Morgan fingerprint density at radius 2 is 1.51 bits per heavy atom. The quantitative estimate of drug-likeness (QED) is 0.135. The first-order valence-electron chi connectivity index (χ1n) is 17.2. The molecule has 0 aliphatic rings. The number of nitrogens with zero attached hydrogens (tertiary/aromatic N) is 4. The Kier molecular flexibility index (Phi) is 9.94. The molecule has 0 N–H and O–H groups in total. The molecule has 9 heteroatoms. The molecule has 3 heterocycles. The third-order valence-electron chi connectivity index (χ3n) is 9.20. The second-order valence-electron chi connectivity index (χ2n) is 13.5. The fraction of sp³-hybridized carbons (Fsp3) is 0.136. The Hall–Kier alpha value is -5.30. The van der Waals surface area contributed by atoms with Crippen LogP contribution in [0.2, 0.25) is 0 Å². The van der Waals surface area contributed by atoms with E-state index in [9.17, 15) is 8.42 Å². The molecule has 7 nitrogen and oxygen atoms in total. The zero-order valence-electron chi connectivity index (χ0n) is 29.6. The molecule has 8 aromatic rings. The van der Waals surface area contributed by atoms with Crippen LogP contribution < -0.4 is 4.74 Å². The van der Waals surface area contributed by atoms with Crippen LogP contribution in [0.5, 0.6) is 11.5 Å². The minimum absolute atomic E-state index is 0. The van der Waals surface area contributed by atoms with Crippen molar-refractivity contribution in [3.63, 3.8) is 0 Å². The summed E-state index contributed by atoms with van der Waals surface area (Å²) in [4.78, 5) is 5.32. The van der Waals surface area contributed by atoms with Gasteiger partial charge in [-0.25, -0.2) is 13.4 Å². The minimum atomic E-state index is -3.64. The van der Waals surface area contributed by atoms with Crippen molar-refractivity contribution in [2.75, 3.05) is 0 Å². The molecule has 0 bridgehead atoms. The van der Waals surface area contributed by atoms with Gasteiger partial charge in [-0.05, 0) is 102 Å². The smallest absolute Gasteiger partial charge is 0.509 e. The second-order valence-corrected chi connectivity index (χ2v) is 15.4. The predicted molar refractivity (Wildman–Crippen MR) is 205 cm³/mol. The van der Waals surface area contributed by atoms with Gasteiger partial charge in [0.05, 0.1) is 16.0 Å². The molecule has 3 aromatic heterocycles. The number of rotatable bonds is 9. The summed E-state index contributed by atoms with van der Waals surface area (Å²) in [5.74, 6) is 2.46. The Bertz CT molecular complexity index is 2690. The van der Waals surface area contributed by atoms with Crippen LogP contribution in [0.25, 0.3) is 44.4 Å². The molecule has 8 rings (SSSR count). The molecule has 0 aliphatic heterocycles. The van der Waals surface area contributed by atoms with Crippen LogP contribution in [0.1, 0.15) is 30.5 Å². The maximum Gasteiger partial charge on any atom is 2.00 e. The van der Waals surface area contributed by atoms with Crippen molar-refractivity contribution in [3.8, 4) is 34.1 Å². The molecule has 0 saturated heterocycles. The van der Waals surface area contributed by atoms with Crippen molar-refractivity contribution >= 4 is 31.6 Å². The monoisotopic (exact) mass is 895 g/mol. The second kappa shape index (κ2) is 14.6. The first-order valence-corrected chi connectivity index (χ1v) is 18.7. The zero-order valence-corrected chi connectivity index (χ0v) is 32.7. The first-order chi connectivity index (χ1) is 25.2. The summed E-state index contributed by atoms with van der Waals surface area (Å²) in [5, 5.41) is 6.83. The van der Waals surface area contributed by atoms with E-state index in [1.54, 1.807) is 53.3 Å². The van der Waals surface area contributed by atoms with Gasteiger partial charge in [0.1, 0.15) is 5.82 Å². The number of benzene rings is 5. The number of fused-ring (bicyclic) bond motifs is 3. The van der Waals surface area contributed by atoms with Crippen LogP contribution in [-0.2, 0) is 37.3 Å². The van der Waals surface area contributed by atoms with Crippen molar-refractivity contribution in [1.82, 2.24) is 19.3 Å². The number of sulfone groups is 1. The number of para-hydroxylation sites is 1. The van der Waals surface area contributed by atoms with E-state index < -0.39 is 9.84 Å². The predicted octanol–water partition coefficient (Wildman–Crippen LogP) is 10.1. The van der Waals surface area contributed by atoms with Gasteiger partial charge in [0, 0.05) is 35.0 Å². The number of hydrogen-bond donors (Lipinski definition) is 0. The summed E-state index contributed by atoms with van der Waals surface area (Å²) >= 11 is 0. The fourth-order valence-corrected chi connectivity index (χ4v) is 8.41. The van der Waals surface area contributed by atoms with E-state index in [1.807, 2.05) is 56.6 Å². The van der Waals surface area contributed by atoms with Gasteiger partial charge in [-0.2, -0.15) is 17.2 Å². The van der Waals surface area contributed by atoms with Crippen LogP contribution in [0.15, 0.2) is 138 Å². The van der Waals surface area contributed by atoms with Crippen molar-refractivity contribution in [1.29, 1.82) is 0 Å². The number of ether oxygens (including phenoxy) is 1. The third-order valence-corrected chi connectivity index (χ3v) is 10.9. The van der Waals surface area contributed by atoms with Crippen LogP contribution >= 0.6 is 0 Å². The molecule has 0 saturated carbocycles. The first kappa shape index (κ1) is 36.1. The molecule has 0 unspecified atom stereocenters. The molecule has 266 valence electrons. The number of aromatic nitrogens is 4. The third kappa shape index (κ3) is 6.97. The van der Waals surface area contributed by atoms with E-state index >= 15 is 0 Å². The maximum absolute atomic E-state index is 13.3. The van der Waals surface area contributed by atoms with E-state index in [4.69, 9.17) is 9.72 Å². The summed E-state index contributed by atoms with van der Waals surface area (Å²) in [6.07, 6.45) is 6.56. The van der Waals surface area contributed by atoms with E-state index in [2.05, 4.69) is 72.0 Å². The van der Waals surface area contributed by atoms with Gasteiger partial charge in [-0.15, -0.1) is 35.7 Å². The van der Waals surface area contributed by atoms with Crippen molar-refractivity contribution in [2.45, 2.75) is 43.9 Å². The molecule has 53 heavy (non-hydrogen) atoms. The number of aryl methyl sites for hydroxylation is 2. The van der Waals surface area contributed by atoms with E-state index in [1.165, 1.54) is 5.56 Å². The van der Waals surface area contributed by atoms with Crippen LogP contribution in [0, 0.1) is 31.9 Å². The molecular formula is C44H36N4O3PtS. The Morgan fingerprint density at radius 3 is 2.28 bits per heavy atom. The van der Waals surface area contributed by atoms with Crippen LogP contribution in [0.4, 0.5) is 0 Å². The Balaban J connectivity index is 0.00000435. The van der Waals surface area contributed by atoms with Crippen molar-refractivity contribution < 1.29 is 34.2 Å². The van der Waals surface area contributed by atoms with Gasteiger partial charge in [-0.1, -0.05) is 55.8 Å². The molecule has 0 spiro atoms. The number of pyridine rings is 1. The average molecular weight is 896 g/mol. The normalized spacial score (nSPS) is 11.6. The summed E-state index contributed by atoms with van der Waals surface area (Å²) in [6, 6.07) is 41.1. The molecule has 0 amide bonds. The van der Waals surface area contributed by atoms with E-state index in [0.717, 1.165) is 56.3 Å². The Morgan fingerprint density at radius 1 is 0.774 bits per heavy atom. The van der Waals surface area contributed by atoms with E-state index in [0.29, 0.717) is 23.1 Å². The van der Waals surface area contributed by atoms with Crippen LogP contribution in [-0.4, -0.2) is 27.7 Å². The standard InChI is InChI=1S/C44H36N4O3S.Pt/c1-29(2)21-32-19-20-45-43(24-32)48-41-16-9-8-15-39(41)40-18-17-36(26-42(40)48)51-35-12-10-11-34(25-35)47-28-33(27-46-47)44-30(3)22-38(23-31(44)4)52(49,50)37-13-6-5-7-14-37;/h5-20,22-24,27-29H,21H2,1-4H3;/q-2;+2. The van der Waals surface area contributed by atoms with Crippen molar-refractivity contribution in [3.05, 3.63) is 157 Å². The summed E-state index contributed by atoms with van der Waals surface area (Å²) in [7, 11) is -3.64. The summed E-state index contributed by atoms with van der Waals surface area (Å²) in [5.41, 5.74) is 7.38. The molecule has 0 aliphatic carbocycles.